The van der Waals surface area contributed by atoms with Crippen LogP contribution in [0, 0.1) is 0 Å². The average Bonchev–Trinajstić information content (AvgIpc) is 2.86. The fraction of sp³-hybridized carbons (Fsp3) is 0.333. The first-order valence-corrected chi connectivity index (χ1v) is 9.87. The molecule has 2 aromatic rings. The molecular formula is C18H25N3O4S. The highest BCUT2D eigenvalue weighted by molar-refractivity contribution is 8.27. The van der Waals surface area contributed by atoms with Crippen molar-refractivity contribution >= 4 is 28.0 Å². The summed E-state index contributed by atoms with van der Waals surface area (Å²) in [6, 6.07) is 14.6. The molecule has 8 heteroatoms. The third kappa shape index (κ3) is 3.46. The number of likely N-dealkylation sites (N-methyl/N-ethyl adjacent to an activating group) is 1. The first-order chi connectivity index (χ1) is 12.5. The van der Waals surface area contributed by atoms with Crippen molar-refractivity contribution in [2.24, 2.45) is 0 Å². The van der Waals surface area contributed by atoms with E-state index in [-0.39, 0.29) is 0 Å². The molecule has 3 rings (SSSR count). The average molecular weight is 379 g/mol. The number of ether oxygens (including phenoxy) is 1. The Kier molecular flexibility index (Phi) is 5.59. The van der Waals surface area contributed by atoms with Crippen LogP contribution in [0.5, 0.6) is 5.75 Å². The van der Waals surface area contributed by atoms with Gasteiger partial charge in [-0.2, -0.15) is 0 Å². The molecular weight excluding hydrogens is 354 g/mol. The Morgan fingerprint density at radius 3 is 2.54 bits per heavy atom. The Morgan fingerprint density at radius 1 is 1.12 bits per heavy atom. The van der Waals surface area contributed by atoms with Gasteiger partial charge in [0.15, 0.2) is 0 Å². The molecule has 0 saturated carbocycles. The van der Waals surface area contributed by atoms with E-state index in [1.807, 2.05) is 42.5 Å². The molecule has 4 N–H and O–H groups in total. The molecule has 1 atom stereocenters. The molecule has 0 aliphatic carbocycles. The van der Waals surface area contributed by atoms with Crippen LogP contribution in [-0.4, -0.2) is 47.6 Å². The van der Waals surface area contributed by atoms with E-state index < -0.39 is 17.1 Å². The van der Waals surface area contributed by atoms with Gasteiger partial charge in [-0.25, -0.2) is 4.31 Å². The van der Waals surface area contributed by atoms with E-state index in [4.69, 9.17) is 4.74 Å². The van der Waals surface area contributed by atoms with Crippen LogP contribution >= 0.6 is 11.0 Å². The Bertz CT molecular complexity index is 759. The third-order valence-corrected chi connectivity index (χ3v) is 6.17. The maximum absolute atomic E-state index is 11.0. The van der Waals surface area contributed by atoms with Gasteiger partial charge in [-0.05, 0) is 48.7 Å². The number of aliphatic hydroxyl groups is 1. The van der Waals surface area contributed by atoms with Crippen LogP contribution in [-0.2, 0) is 0 Å². The summed E-state index contributed by atoms with van der Waals surface area (Å²) in [6.07, 6.45) is -0.148. The van der Waals surface area contributed by atoms with Gasteiger partial charge in [0.05, 0.1) is 30.3 Å². The van der Waals surface area contributed by atoms with Crippen molar-refractivity contribution in [2.45, 2.75) is 12.5 Å². The fourth-order valence-corrected chi connectivity index (χ4v) is 4.85. The van der Waals surface area contributed by atoms with E-state index in [2.05, 4.69) is 5.32 Å². The van der Waals surface area contributed by atoms with Crippen LogP contribution in [0.4, 0.5) is 17.1 Å². The molecule has 2 aromatic carbocycles. The lowest BCUT2D eigenvalue weighted by molar-refractivity contribution is 0.167. The number of nitrogens with zero attached hydrogens (tertiary/aromatic N) is 2. The highest BCUT2D eigenvalue weighted by atomic mass is 32.3. The number of rotatable bonds is 7. The van der Waals surface area contributed by atoms with Gasteiger partial charge in [0.2, 0.25) is 0 Å². The minimum atomic E-state index is -3.30. The predicted octanol–water partition coefficient (Wildman–Crippen LogP) is 3.20. The Hall–Kier alpha value is -1.97. The summed E-state index contributed by atoms with van der Waals surface area (Å²) in [5, 5.41) is 12.9. The highest BCUT2D eigenvalue weighted by Crippen LogP contribution is 2.64. The summed E-state index contributed by atoms with van der Waals surface area (Å²) < 4.78 is 30.5. The fourth-order valence-electron chi connectivity index (χ4n) is 3.07. The SMILES string of the molecule is CNC[C@H](O)CCN1c2ccccc2N(c2cccc(OC)c2)S1(O)O. The summed E-state index contributed by atoms with van der Waals surface area (Å²) >= 11 is 0. The largest absolute Gasteiger partial charge is 0.497 e. The smallest absolute Gasteiger partial charge is 0.121 e. The number of fused-ring (bicyclic) bond motifs is 1. The summed E-state index contributed by atoms with van der Waals surface area (Å²) in [5.41, 5.74) is 2.07. The first-order valence-electron chi connectivity index (χ1n) is 8.41. The molecule has 0 saturated heterocycles. The summed E-state index contributed by atoms with van der Waals surface area (Å²) in [5.74, 6) is 0.637. The molecule has 0 unspecified atom stereocenters. The second-order valence-electron chi connectivity index (χ2n) is 6.08. The van der Waals surface area contributed by atoms with Gasteiger partial charge >= 0.3 is 0 Å². The van der Waals surface area contributed by atoms with Crippen LogP contribution < -0.4 is 18.7 Å². The third-order valence-electron chi connectivity index (χ3n) is 4.30. The molecule has 1 aliphatic rings. The number of hydrogen-bond acceptors (Lipinski definition) is 7. The molecule has 7 nitrogen and oxygen atoms in total. The van der Waals surface area contributed by atoms with Gasteiger partial charge in [0, 0.05) is 19.2 Å². The van der Waals surface area contributed by atoms with E-state index in [9.17, 15) is 14.2 Å². The van der Waals surface area contributed by atoms with Crippen molar-refractivity contribution in [3.8, 4) is 5.75 Å². The zero-order valence-electron chi connectivity index (χ0n) is 14.9. The molecule has 0 spiro atoms. The van der Waals surface area contributed by atoms with Crippen molar-refractivity contribution in [3.63, 3.8) is 0 Å². The Labute approximate surface area is 155 Å². The van der Waals surface area contributed by atoms with Gasteiger partial charge in [-0.3, -0.25) is 13.4 Å². The van der Waals surface area contributed by atoms with Crippen LogP contribution in [0.15, 0.2) is 48.5 Å². The van der Waals surface area contributed by atoms with E-state index in [1.54, 1.807) is 24.5 Å². The summed E-state index contributed by atoms with van der Waals surface area (Å²) in [6.45, 7) is 0.775. The molecule has 1 heterocycles. The lowest BCUT2D eigenvalue weighted by Gasteiger charge is -2.44. The van der Waals surface area contributed by atoms with Crippen LogP contribution in [0.2, 0.25) is 0 Å². The zero-order valence-corrected chi connectivity index (χ0v) is 15.7. The van der Waals surface area contributed by atoms with Gasteiger partial charge in [0.25, 0.3) is 0 Å². The number of hydrogen-bond donors (Lipinski definition) is 4. The first kappa shape index (κ1) is 18.8. The molecule has 0 fully saturated rings. The quantitative estimate of drug-likeness (QED) is 0.587. The molecule has 0 amide bonds. The molecule has 26 heavy (non-hydrogen) atoms. The van der Waals surface area contributed by atoms with E-state index in [0.29, 0.717) is 36.6 Å². The summed E-state index contributed by atoms with van der Waals surface area (Å²) in [4.78, 5) is 0. The number of anilines is 3. The normalized spacial score (nSPS) is 17.7. The Balaban J connectivity index is 1.96. The van der Waals surface area contributed by atoms with Crippen LogP contribution in [0.1, 0.15) is 6.42 Å². The van der Waals surface area contributed by atoms with Crippen LogP contribution in [0.25, 0.3) is 0 Å². The van der Waals surface area contributed by atoms with Crippen molar-refractivity contribution in [1.29, 1.82) is 0 Å². The second-order valence-corrected chi connectivity index (χ2v) is 7.86. The standard InChI is InChI=1S/C18H25N3O4S/c1-19-13-15(22)10-11-20-17-8-3-4-9-18(17)21(26(20,23)24)14-6-5-7-16(12-14)25-2/h3-9,12,15,19,22-24H,10-11,13H2,1-2H3/t15-/m1/s1. The minimum absolute atomic E-state index is 0.322. The monoisotopic (exact) mass is 379 g/mol. The predicted molar refractivity (Wildman–Crippen MR) is 106 cm³/mol. The number of nitrogens with one attached hydrogen (secondary N) is 1. The second kappa shape index (κ2) is 7.73. The van der Waals surface area contributed by atoms with E-state index in [0.717, 1.165) is 5.69 Å². The van der Waals surface area contributed by atoms with Gasteiger partial charge in [0.1, 0.15) is 5.75 Å². The van der Waals surface area contributed by atoms with Gasteiger partial charge in [-0.15, -0.1) is 0 Å². The van der Waals surface area contributed by atoms with Crippen LogP contribution in [0.3, 0.4) is 0 Å². The van der Waals surface area contributed by atoms with Crippen molar-refractivity contribution in [3.05, 3.63) is 48.5 Å². The molecule has 142 valence electrons. The lowest BCUT2D eigenvalue weighted by atomic mass is 10.2. The van der Waals surface area contributed by atoms with E-state index >= 15 is 0 Å². The van der Waals surface area contributed by atoms with Crippen molar-refractivity contribution in [2.75, 3.05) is 35.9 Å². The topological polar surface area (TPSA) is 88.4 Å². The van der Waals surface area contributed by atoms with Crippen molar-refractivity contribution in [1.82, 2.24) is 5.32 Å². The molecule has 0 aromatic heterocycles. The maximum Gasteiger partial charge on any atom is 0.121 e. The lowest BCUT2D eigenvalue weighted by Crippen LogP contribution is -2.34. The molecule has 0 bridgehead atoms. The molecule has 0 radical (unpaired) electrons. The van der Waals surface area contributed by atoms with Gasteiger partial charge < -0.3 is 15.2 Å². The van der Waals surface area contributed by atoms with E-state index in [1.165, 1.54) is 4.31 Å². The maximum atomic E-state index is 11.0. The zero-order chi connectivity index (χ0) is 18.7. The number of benzene rings is 2. The Morgan fingerprint density at radius 2 is 1.85 bits per heavy atom. The highest BCUT2D eigenvalue weighted by Gasteiger charge is 2.41. The van der Waals surface area contributed by atoms with Gasteiger partial charge in [-0.1, -0.05) is 18.2 Å². The molecule has 1 aliphatic heterocycles. The number of methoxy groups -OCH3 is 1. The number of para-hydroxylation sites is 2. The summed E-state index contributed by atoms with van der Waals surface area (Å²) in [7, 11) is 0.0482. The minimum Gasteiger partial charge on any atom is -0.497 e. The van der Waals surface area contributed by atoms with Crippen molar-refractivity contribution < 1.29 is 18.9 Å². The number of aliphatic hydroxyl groups excluding tert-OH is 1.